The van der Waals surface area contributed by atoms with E-state index >= 15 is 0 Å². The van der Waals surface area contributed by atoms with E-state index in [1.807, 2.05) is 45.9 Å². The Morgan fingerprint density at radius 1 is 1.03 bits per heavy atom. The van der Waals surface area contributed by atoms with E-state index in [9.17, 15) is 14.4 Å². The Morgan fingerprint density at radius 3 is 2.13 bits per heavy atom. The number of amides is 3. The maximum Gasteiger partial charge on any atom is 0.408 e. The second kappa shape index (κ2) is 12.1. The number of hydrogen-bond acceptors (Lipinski definition) is 5. The smallest absolute Gasteiger partial charge is 0.408 e. The number of rotatable bonds is 9. The number of nitrogens with zero attached hydrogens (tertiary/aromatic N) is 1. The third-order valence-electron chi connectivity index (χ3n) is 6.89. The first-order chi connectivity index (χ1) is 18.2. The summed E-state index contributed by atoms with van der Waals surface area (Å²) in [6.45, 7) is 15.1. The second-order valence-electron chi connectivity index (χ2n) is 11.9. The van der Waals surface area contributed by atoms with E-state index < -0.39 is 23.8 Å². The number of carbonyl (C=O) groups is 3. The van der Waals surface area contributed by atoms with E-state index in [-0.39, 0.29) is 29.7 Å². The summed E-state index contributed by atoms with van der Waals surface area (Å²) in [6, 6.07) is 11.1. The molecule has 39 heavy (non-hydrogen) atoms. The van der Waals surface area contributed by atoms with Crippen molar-refractivity contribution >= 4 is 23.6 Å². The molecule has 2 N–H and O–H groups in total. The van der Waals surface area contributed by atoms with Crippen molar-refractivity contribution in [2.45, 2.75) is 85.5 Å². The Kier molecular flexibility index (Phi) is 9.30. The minimum Gasteiger partial charge on any atom is -0.497 e. The lowest BCUT2D eigenvalue weighted by Gasteiger charge is -2.36. The number of anilines is 1. The highest BCUT2D eigenvalue weighted by molar-refractivity contribution is 5.99. The molecule has 1 fully saturated rings. The molecule has 0 saturated heterocycles. The summed E-state index contributed by atoms with van der Waals surface area (Å²) in [4.78, 5) is 42.7. The zero-order chi connectivity index (χ0) is 29.1. The molecular weight excluding hydrogens is 494 g/mol. The summed E-state index contributed by atoms with van der Waals surface area (Å²) in [6.07, 6.45) is 0.115. The van der Waals surface area contributed by atoms with Gasteiger partial charge >= 0.3 is 6.09 Å². The fourth-order valence-corrected chi connectivity index (χ4v) is 4.72. The van der Waals surface area contributed by atoms with Gasteiger partial charge in [-0.3, -0.25) is 9.59 Å². The zero-order valence-electron chi connectivity index (χ0n) is 24.6. The van der Waals surface area contributed by atoms with Crippen molar-refractivity contribution in [3.05, 3.63) is 59.2 Å². The molecule has 2 aromatic carbocycles. The van der Waals surface area contributed by atoms with E-state index in [0.717, 1.165) is 23.1 Å². The first-order valence-electron chi connectivity index (χ1n) is 13.6. The summed E-state index contributed by atoms with van der Waals surface area (Å²) < 4.78 is 10.7. The molecule has 212 valence electrons. The maximum absolute atomic E-state index is 14.3. The van der Waals surface area contributed by atoms with Crippen molar-refractivity contribution < 1.29 is 23.9 Å². The first kappa shape index (κ1) is 30.0. The van der Waals surface area contributed by atoms with Gasteiger partial charge in [-0.05, 0) is 88.3 Å². The Hall–Kier alpha value is -3.55. The number of carbonyl (C=O) groups excluding carboxylic acids is 3. The van der Waals surface area contributed by atoms with E-state index in [1.165, 1.54) is 0 Å². The Morgan fingerprint density at radius 2 is 1.64 bits per heavy atom. The molecule has 0 aromatic heterocycles. The molecule has 1 saturated carbocycles. The minimum absolute atomic E-state index is 0.133. The monoisotopic (exact) mass is 537 g/mol. The van der Waals surface area contributed by atoms with Gasteiger partial charge in [0.15, 0.2) is 0 Å². The number of methoxy groups -OCH3 is 1. The summed E-state index contributed by atoms with van der Waals surface area (Å²) >= 11 is 0. The van der Waals surface area contributed by atoms with Crippen molar-refractivity contribution in [2.75, 3.05) is 12.4 Å². The van der Waals surface area contributed by atoms with Crippen LogP contribution in [-0.2, 0) is 14.3 Å². The highest BCUT2D eigenvalue weighted by Crippen LogP contribution is 2.42. The third kappa shape index (κ3) is 7.74. The molecule has 0 radical (unpaired) electrons. The number of ether oxygens (including phenoxy) is 2. The summed E-state index contributed by atoms with van der Waals surface area (Å²) in [5.41, 5.74) is 2.61. The first-order valence-corrected chi connectivity index (χ1v) is 13.6. The van der Waals surface area contributed by atoms with Gasteiger partial charge in [0.05, 0.1) is 7.11 Å². The van der Waals surface area contributed by atoms with Gasteiger partial charge in [0.2, 0.25) is 5.91 Å². The van der Waals surface area contributed by atoms with E-state index in [1.54, 1.807) is 57.0 Å². The molecule has 8 heteroatoms. The number of nitrogens with one attached hydrogen (secondary N) is 2. The van der Waals surface area contributed by atoms with Crippen LogP contribution in [0.3, 0.4) is 0 Å². The minimum atomic E-state index is -0.892. The predicted octanol–water partition coefficient (Wildman–Crippen LogP) is 5.78. The molecule has 1 aliphatic rings. The van der Waals surface area contributed by atoms with Gasteiger partial charge in [-0.15, -0.1) is 0 Å². The lowest BCUT2D eigenvalue weighted by atomic mass is 9.94. The van der Waals surface area contributed by atoms with Gasteiger partial charge in [-0.1, -0.05) is 44.5 Å². The fourth-order valence-electron chi connectivity index (χ4n) is 4.72. The predicted molar refractivity (Wildman–Crippen MR) is 153 cm³/mol. The van der Waals surface area contributed by atoms with Crippen LogP contribution in [0.15, 0.2) is 42.5 Å². The molecule has 0 heterocycles. The lowest BCUT2D eigenvalue weighted by Crippen LogP contribution is -2.55. The van der Waals surface area contributed by atoms with Gasteiger partial charge in [0.1, 0.15) is 23.4 Å². The summed E-state index contributed by atoms with van der Waals surface area (Å²) in [5.74, 6) is 0.0475. The summed E-state index contributed by atoms with van der Waals surface area (Å²) in [7, 11) is 1.58. The van der Waals surface area contributed by atoms with Gasteiger partial charge in [0.25, 0.3) is 5.91 Å². The van der Waals surface area contributed by atoms with Crippen molar-refractivity contribution in [1.29, 1.82) is 0 Å². The van der Waals surface area contributed by atoms with Crippen LogP contribution >= 0.6 is 0 Å². The largest absolute Gasteiger partial charge is 0.497 e. The topological polar surface area (TPSA) is 97.0 Å². The molecule has 3 rings (SSSR count). The summed E-state index contributed by atoms with van der Waals surface area (Å²) in [5, 5.41) is 5.79. The van der Waals surface area contributed by atoms with Gasteiger partial charge < -0.3 is 25.0 Å². The molecule has 8 nitrogen and oxygen atoms in total. The van der Waals surface area contributed by atoms with E-state index in [4.69, 9.17) is 9.47 Å². The Balaban J connectivity index is 2.04. The Labute approximate surface area is 232 Å². The van der Waals surface area contributed by atoms with Crippen molar-refractivity contribution in [2.24, 2.45) is 11.8 Å². The molecular formula is C31H43N3O5. The van der Waals surface area contributed by atoms with E-state index in [2.05, 4.69) is 17.6 Å². The van der Waals surface area contributed by atoms with Crippen molar-refractivity contribution in [3.8, 4) is 5.75 Å². The van der Waals surface area contributed by atoms with Crippen molar-refractivity contribution in [1.82, 2.24) is 10.2 Å². The van der Waals surface area contributed by atoms with Gasteiger partial charge in [-0.25, -0.2) is 4.79 Å². The number of benzene rings is 2. The van der Waals surface area contributed by atoms with Gasteiger partial charge in [0, 0.05) is 11.7 Å². The molecule has 0 bridgehead atoms. The highest BCUT2D eigenvalue weighted by atomic mass is 16.6. The molecule has 3 amide bonds. The average molecular weight is 538 g/mol. The molecule has 4 atom stereocenters. The van der Waals surface area contributed by atoms with Crippen LogP contribution < -0.4 is 15.4 Å². The number of alkyl carbamates (subject to hydrolysis) is 1. The molecule has 4 unspecified atom stereocenters. The fraction of sp³-hybridized carbons (Fsp3) is 0.516. The molecule has 2 aromatic rings. The Bertz CT molecular complexity index is 1190. The molecule has 0 spiro atoms. The van der Waals surface area contributed by atoms with Crippen LogP contribution in [0.1, 0.15) is 70.7 Å². The zero-order valence-corrected chi connectivity index (χ0v) is 24.6. The maximum atomic E-state index is 14.3. The number of aryl methyl sites for hydroxylation is 2. The van der Waals surface area contributed by atoms with Crippen LogP contribution in [0.25, 0.3) is 0 Å². The van der Waals surface area contributed by atoms with E-state index in [0.29, 0.717) is 11.4 Å². The van der Waals surface area contributed by atoms with Crippen LogP contribution in [0.5, 0.6) is 5.75 Å². The highest BCUT2D eigenvalue weighted by Gasteiger charge is 2.49. The standard InChI is InChI=1S/C31H43N3O5/c1-18(2)26(33-30(37)39-31(6,7)8)29(36)34(25-17-21(25)5)27(24-15-10-19(3)16-20(24)4)28(35)32-22-11-13-23(38-9)14-12-22/h10-16,18,21,25-27H,17H2,1-9H3,(H,32,35)(H,33,37). The van der Waals surface area contributed by atoms with Crippen LogP contribution in [0, 0.1) is 25.7 Å². The quantitative estimate of drug-likeness (QED) is 0.423. The third-order valence-corrected chi connectivity index (χ3v) is 6.89. The normalized spacial score (nSPS) is 18.1. The molecule has 0 aliphatic heterocycles. The molecule has 1 aliphatic carbocycles. The van der Waals surface area contributed by atoms with Crippen molar-refractivity contribution in [3.63, 3.8) is 0 Å². The lowest BCUT2D eigenvalue weighted by molar-refractivity contribution is -0.142. The van der Waals surface area contributed by atoms with Crippen LogP contribution in [-0.4, -0.2) is 47.6 Å². The second-order valence-corrected chi connectivity index (χ2v) is 11.9. The van der Waals surface area contributed by atoms with Gasteiger partial charge in [-0.2, -0.15) is 0 Å². The SMILES string of the molecule is COc1ccc(NC(=O)C(c2ccc(C)cc2C)N(C(=O)C(NC(=O)OC(C)(C)C)C(C)C)C2CC2C)cc1. The number of hydrogen-bond donors (Lipinski definition) is 2. The average Bonchev–Trinajstić information content (AvgIpc) is 3.55. The van der Waals surface area contributed by atoms with Crippen LogP contribution in [0.2, 0.25) is 0 Å². The van der Waals surface area contributed by atoms with Crippen LogP contribution in [0.4, 0.5) is 10.5 Å².